The molecule has 1 aliphatic heterocycles. The summed E-state index contributed by atoms with van der Waals surface area (Å²) in [6.07, 6.45) is 6.76. The van der Waals surface area contributed by atoms with Crippen LogP contribution in [0.3, 0.4) is 0 Å². The highest BCUT2D eigenvalue weighted by atomic mass is 16.5. The minimum absolute atomic E-state index is 0.127. The van der Waals surface area contributed by atoms with Crippen LogP contribution in [0.2, 0.25) is 0 Å². The zero-order valence-electron chi connectivity index (χ0n) is 8.21. The second-order valence-electron chi connectivity index (χ2n) is 3.54. The van der Waals surface area contributed by atoms with Crippen LogP contribution in [0.25, 0.3) is 11.3 Å². The smallest absolute Gasteiger partial charge is 0.152 e. The first kappa shape index (κ1) is 8.61. The van der Waals surface area contributed by atoms with Crippen molar-refractivity contribution in [2.75, 3.05) is 6.61 Å². The van der Waals surface area contributed by atoms with Gasteiger partial charge < -0.3 is 4.74 Å². The first-order chi connectivity index (χ1) is 7.43. The standard InChI is InChI=1S/C11H11N3O/c1-2-5-12-10(3-1)9-7-13-14(8-9)11-4-6-15-11/h1-3,5,7-8,11H,4,6H2. The van der Waals surface area contributed by atoms with Crippen molar-refractivity contribution in [3.05, 3.63) is 36.8 Å². The minimum Gasteiger partial charge on any atom is -0.356 e. The van der Waals surface area contributed by atoms with Crippen LogP contribution < -0.4 is 0 Å². The minimum atomic E-state index is 0.127. The molecule has 2 aromatic rings. The lowest BCUT2D eigenvalue weighted by Crippen LogP contribution is -2.24. The molecule has 0 aliphatic carbocycles. The van der Waals surface area contributed by atoms with Gasteiger partial charge in [-0.25, -0.2) is 4.68 Å². The van der Waals surface area contributed by atoms with Gasteiger partial charge in [0.05, 0.1) is 18.5 Å². The highest BCUT2D eigenvalue weighted by Gasteiger charge is 2.20. The topological polar surface area (TPSA) is 39.9 Å². The van der Waals surface area contributed by atoms with E-state index in [9.17, 15) is 0 Å². The second-order valence-corrected chi connectivity index (χ2v) is 3.54. The van der Waals surface area contributed by atoms with E-state index in [1.807, 2.05) is 35.3 Å². The molecule has 1 saturated heterocycles. The third-order valence-electron chi connectivity index (χ3n) is 2.53. The molecule has 3 rings (SSSR count). The summed E-state index contributed by atoms with van der Waals surface area (Å²) in [7, 11) is 0. The van der Waals surface area contributed by atoms with Gasteiger partial charge in [-0.15, -0.1) is 0 Å². The molecule has 0 N–H and O–H groups in total. The van der Waals surface area contributed by atoms with Gasteiger partial charge in [-0.3, -0.25) is 4.98 Å². The van der Waals surface area contributed by atoms with Crippen molar-refractivity contribution in [3.63, 3.8) is 0 Å². The fourth-order valence-electron chi connectivity index (χ4n) is 1.59. The molecule has 4 heteroatoms. The summed E-state index contributed by atoms with van der Waals surface area (Å²) in [5.74, 6) is 0. The quantitative estimate of drug-likeness (QED) is 0.744. The molecule has 1 unspecified atom stereocenters. The Balaban J connectivity index is 1.90. The van der Waals surface area contributed by atoms with Crippen molar-refractivity contribution in [2.24, 2.45) is 0 Å². The van der Waals surface area contributed by atoms with Crippen LogP contribution in [0.5, 0.6) is 0 Å². The van der Waals surface area contributed by atoms with Gasteiger partial charge in [-0.1, -0.05) is 6.07 Å². The Morgan fingerprint density at radius 2 is 2.33 bits per heavy atom. The average Bonchev–Trinajstić information content (AvgIpc) is 2.66. The maximum atomic E-state index is 5.35. The van der Waals surface area contributed by atoms with Gasteiger partial charge in [0.1, 0.15) is 0 Å². The Morgan fingerprint density at radius 1 is 1.40 bits per heavy atom. The molecule has 4 nitrogen and oxygen atoms in total. The molecule has 1 atom stereocenters. The van der Waals surface area contributed by atoms with Crippen LogP contribution in [0.1, 0.15) is 12.6 Å². The van der Waals surface area contributed by atoms with E-state index in [1.165, 1.54) is 0 Å². The van der Waals surface area contributed by atoms with Crippen LogP contribution in [-0.4, -0.2) is 21.4 Å². The van der Waals surface area contributed by atoms with E-state index in [1.54, 1.807) is 6.20 Å². The van der Waals surface area contributed by atoms with Crippen molar-refractivity contribution in [3.8, 4) is 11.3 Å². The molecule has 76 valence electrons. The maximum Gasteiger partial charge on any atom is 0.152 e. The summed E-state index contributed by atoms with van der Waals surface area (Å²) in [6.45, 7) is 0.837. The average molecular weight is 201 g/mol. The number of aromatic nitrogens is 3. The SMILES string of the molecule is c1ccc(-c2cnn(C3CCO3)c2)nc1. The normalized spacial score (nSPS) is 19.9. The summed E-state index contributed by atoms with van der Waals surface area (Å²) in [5, 5.41) is 4.27. The second kappa shape index (κ2) is 3.47. The van der Waals surface area contributed by atoms with Gasteiger partial charge >= 0.3 is 0 Å². The predicted octanol–water partition coefficient (Wildman–Crippen LogP) is 1.86. The largest absolute Gasteiger partial charge is 0.356 e. The van der Waals surface area contributed by atoms with Crippen LogP contribution >= 0.6 is 0 Å². The molecule has 15 heavy (non-hydrogen) atoms. The summed E-state index contributed by atoms with van der Waals surface area (Å²) >= 11 is 0. The molecule has 3 heterocycles. The Hall–Kier alpha value is -1.68. The van der Waals surface area contributed by atoms with E-state index in [0.29, 0.717) is 0 Å². The fraction of sp³-hybridized carbons (Fsp3) is 0.273. The van der Waals surface area contributed by atoms with Gasteiger partial charge in [-0.05, 0) is 12.1 Å². The molecular formula is C11H11N3O. The van der Waals surface area contributed by atoms with Crippen LogP contribution in [0.15, 0.2) is 36.8 Å². The van der Waals surface area contributed by atoms with E-state index in [2.05, 4.69) is 10.1 Å². The number of rotatable bonds is 2. The van der Waals surface area contributed by atoms with Crippen molar-refractivity contribution >= 4 is 0 Å². The zero-order chi connectivity index (χ0) is 10.1. The van der Waals surface area contributed by atoms with Crippen molar-refractivity contribution < 1.29 is 4.74 Å². The van der Waals surface area contributed by atoms with E-state index >= 15 is 0 Å². The highest BCUT2D eigenvalue weighted by molar-refractivity contribution is 5.56. The molecule has 0 amide bonds. The first-order valence-corrected chi connectivity index (χ1v) is 5.01. The van der Waals surface area contributed by atoms with Gasteiger partial charge in [0.25, 0.3) is 0 Å². The van der Waals surface area contributed by atoms with Gasteiger partial charge in [0.2, 0.25) is 0 Å². The summed E-state index contributed by atoms with van der Waals surface area (Å²) in [4.78, 5) is 4.27. The lowest BCUT2D eigenvalue weighted by Gasteiger charge is -2.26. The molecule has 2 aromatic heterocycles. The Bertz CT molecular complexity index is 448. The Kier molecular flexibility index (Phi) is 1.99. The predicted molar refractivity (Wildman–Crippen MR) is 55.1 cm³/mol. The number of hydrogen-bond donors (Lipinski definition) is 0. The number of ether oxygens (including phenoxy) is 1. The van der Waals surface area contributed by atoms with E-state index in [-0.39, 0.29) is 6.23 Å². The van der Waals surface area contributed by atoms with E-state index in [0.717, 1.165) is 24.3 Å². The molecule has 0 saturated carbocycles. The van der Waals surface area contributed by atoms with E-state index in [4.69, 9.17) is 4.74 Å². The molecular weight excluding hydrogens is 190 g/mol. The number of hydrogen-bond acceptors (Lipinski definition) is 3. The molecule has 1 fully saturated rings. The van der Waals surface area contributed by atoms with Crippen LogP contribution in [0.4, 0.5) is 0 Å². The maximum absolute atomic E-state index is 5.35. The van der Waals surface area contributed by atoms with Crippen molar-refractivity contribution in [2.45, 2.75) is 12.6 Å². The van der Waals surface area contributed by atoms with E-state index < -0.39 is 0 Å². The number of nitrogens with zero attached hydrogens (tertiary/aromatic N) is 3. The van der Waals surface area contributed by atoms with Crippen molar-refractivity contribution in [1.29, 1.82) is 0 Å². The molecule has 0 radical (unpaired) electrons. The van der Waals surface area contributed by atoms with Gasteiger partial charge in [-0.2, -0.15) is 5.10 Å². The fourth-order valence-corrected chi connectivity index (χ4v) is 1.59. The summed E-state index contributed by atoms with van der Waals surface area (Å²) < 4.78 is 7.20. The van der Waals surface area contributed by atoms with Gasteiger partial charge in [0, 0.05) is 24.4 Å². The number of pyridine rings is 1. The third-order valence-corrected chi connectivity index (χ3v) is 2.53. The monoisotopic (exact) mass is 201 g/mol. The lowest BCUT2D eigenvalue weighted by molar-refractivity contribution is -0.106. The van der Waals surface area contributed by atoms with Crippen LogP contribution in [-0.2, 0) is 4.74 Å². The lowest BCUT2D eigenvalue weighted by atomic mass is 10.2. The summed E-state index contributed by atoms with van der Waals surface area (Å²) in [6, 6.07) is 5.85. The van der Waals surface area contributed by atoms with Crippen LogP contribution in [0, 0.1) is 0 Å². The molecule has 1 aliphatic rings. The third kappa shape index (κ3) is 1.53. The zero-order valence-corrected chi connectivity index (χ0v) is 8.21. The highest BCUT2D eigenvalue weighted by Crippen LogP contribution is 2.24. The molecule has 0 aromatic carbocycles. The summed E-state index contributed by atoms with van der Waals surface area (Å²) in [5.41, 5.74) is 1.98. The van der Waals surface area contributed by atoms with Crippen molar-refractivity contribution in [1.82, 2.24) is 14.8 Å². The Labute approximate surface area is 87.5 Å². The first-order valence-electron chi connectivity index (χ1n) is 5.01. The van der Waals surface area contributed by atoms with Gasteiger partial charge in [0.15, 0.2) is 6.23 Å². The molecule has 0 spiro atoms. The molecule has 0 bridgehead atoms. The Morgan fingerprint density at radius 3 is 3.00 bits per heavy atom.